The van der Waals surface area contributed by atoms with Crippen molar-refractivity contribution in [2.24, 2.45) is 16.2 Å². The number of aliphatic hydroxyl groups is 1. The van der Waals surface area contributed by atoms with Crippen LogP contribution in [0.4, 0.5) is 5.69 Å². The van der Waals surface area contributed by atoms with Crippen LogP contribution in [-0.2, 0) is 33.3 Å². The van der Waals surface area contributed by atoms with E-state index in [1.54, 1.807) is 29.5 Å². The summed E-state index contributed by atoms with van der Waals surface area (Å²) in [7, 11) is 0. The third kappa shape index (κ3) is 15.6. The predicted molar refractivity (Wildman–Crippen MR) is 304 cm³/mol. The van der Waals surface area contributed by atoms with Gasteiger partial charge in [-0.05, 0) is 66.8 Å². The molecule has 18 nitrogen and oxygen atoms in total. The topological polar surface area (TPSA) is 217 Å². The standard InChI is InChI=1S/C59H79ClN8O10S/c1-38(40-10-12-41(13-11-40)50-39(2)62-37-79-50)63-53(72)48-32-45(69)35-68(48)54(73)51(57(3,4)5)64-49(70)36-66-20-24-74-28-30-76-26-22-67(23-27-77-31-29-75-25-21-66)44-17-14-42(15-18-44)52(71)65-55-58(6,7)56(59(55,8)9)78-46-19-16-43(34-61)47(60)33-46/h10-19,33,37-38,45,48,51,55-56,69H,20-32,35-36H2,1-9H3,(H,63,72)(H,64,70)(H,65,71)/t38-,45+,48-,51+,55-,56-/m0/s1. The predicted octanol–water partition coefficient (Wildman–Crippen LogP) is 6.81. The van der Waals surface area contributed by atoms with Crippen LogP contribution in [0.5, 0.6) is 5.75 Å². The minimum absolute atomic E-state index is 0.0302. The molecule has 4 amide bonds. The molecule has 4 aromatic rings. The number of nitriles is 1. The van der Waals surface area contributed by atoms with Crippen LogP contribution >= 0.6 is 22.9 Å². The normalized spacial score (nSPS) is 22.5. The van der Waals surface area contributed by atoms with Crippen molar-refractivity contribution in [2.75, 3.05) is 97.0 Å². The first kappa shape index (κ1) is 60.9. The zero-order valence-corrected chi connectivity index (χ0v) is 48.7. The number of carbonyl (C=O) groups is 4. The number of aromatic nitrogens is 1. The van der Waals surface area contributed by atoms with Crippen molar-refractivity contribution in [3.63, 3.8) is 0 Å². The van der Waals surface area contributed by atoms with Crippen molar-refractivity contribution in [2.45, 2.75) is 105 Å². The van der Waals surface area contributed by atoms with Crippen molar-refractivity contribution >= 4 is 52.3 Å². The number of benzene rings is 3. The molecule has 3 heterocycles. The summed E-state index contributed by atoms with van der Waals surface area (Å²) >= 11 is 7.86. The summed E-state index contributed by atoms with van der Waals surface area (Å²) < 4.78 is 30.3. The Morgan fingerprint density at radius 2 is 1.46 bits per heavy atom. The quantitative estimate of drug-likeness (QED) is 0.108. The van der Waals surface area contributed by atoms with Crippen molar-refractivity contribution in [1.82, 2.24) is 30.7 Å². The van der Waals surface area contributed by atoms with Gasteiger partial charge in [0.05, 0.1) is 98.2 Å². The van der Waals surface area contributed by atoms with Crippen LogP contribution in [0.25, 0.3) is 10.4 Å². The zero-order chi connectivity index (χ0) is 57.1. The molecule has 3 aromatic carbocycles. The summed E-state index contributed by atoms with van der Waals surface area (Å²) in [4.78, 5) is 66.7. The number of thiazole rings is 1. The molecule has 0 radical (unpaired) electrons. The van der Waals surface area contributed by atoms with E-state index in [2.05, 4.69) is 59.6 Å². The molecule has 1 aromatic heterocycles. The maximum Gasteiger partial charge on any atom is 0.251 e. The molecule has 428 valence electrons. The Hall–Kier alpha value is -5.69. The molecule has 4 N–H and O–H groups in total. The molecule has 0 spiro atoms. The molecule has 0 unspecified atom stereocenters. The lowest BCUT2D eigenvalue weighted by atomic mass is 9.49. The number of carbonyl (C=O) groups excluding carboxylic acids is 4. The molecule has 7 rings (SSSR count). The number of ether oxygens (including phenoxy) is 5. The Bertz CT molecular complexity index is 2710. The van der Waals surface area contributed by atoms with E-state index in [1.165, 1.54) is 4.90 Å². The van der Waals surface area contributed by atoms with Crippen LogP contribution in [0.3, 0.4) is 0 Å². The molecular weight excluding hydrogens is 1050 g/mol. The Balaban J connectivity index is 0.868. The number of nitrogens with zero attached hydrogens (tertiary/aromatic N) is 5. The van der Waals surface area contributed by atoms with Crippen LogP contribution < -0.4 is 25.6 Å². The highest BCUT2D eigenvalue weighted by Crippen LogP contribution is 2.55. The molecule has 79 heavy (non-hydrogen) atoms. The Kier molecular flexibility index (Phi) is 21.0. The highest BCUT2D eigenvalue weighted by Gasteiger charge is 2.64. The average Bonchev–Trinajstić information content (AvgIpc) is 4.11. The summed E-state index contributed by atoms with van der Waals surface area (Å²) in [5.74, 6) is -0.787. The van der Waals surface area contributed by atoms with Gasteiger partial charge in [-0.25, -0.2) is 4.98 Å². The number of hydrogen-bond donors (Lipinski definition) is 4. The lowest BCUT2D eigenvalue weighted by Crippen LogP contribution is -2.74. The maximum absolute atomic E-state index is 14.4. The molecule has 3 aliphatic rings. The Morgan fingerprint density at radius 1 is 0.861 bits per heavy atom. The first-order chi connectivity index (χ1) is 37.6. The van der Waals surface area contributed by atoms with Gasteiger partial charge in [0.25, 0.3) is 5.91 Å². The number of likely N-dealkylation sites (tertiary alicyclic amines) is 1. The number of aliphatic hydroxyl groups excluding tert-OH is 1. The van der Waals surface area contributed by atoms with Gasteiger partial charge in [-0.1, -0.05) is 84.3 Å². The molecule has 3 fully saturated rings. The monoisotopic (exact) mass is 1130 g/mol. The van der Waals surface area contributed by atoms with Crippen molar-refractivity contribution < 1.29 is 48.0 Å². The van der Waals surface area contributed by atoms with Gasteiger partial charge in [-0.3, -0.25) is 24.1 Å². The molecular formula is C59H79ClN8O10S. The fraction of sp³-hybridized carbons (Fsp3) is 0.559. The summed E-state index contributed by atoms with van der Waals surface area (Å²) in [6.07, 6.45) is -1.04. The Labute approximate surface area is 474 Å². The summed E-state index contributed by atoms with van der Waals surface area (Å²) in [5, 5.41) is 29.7. The van der Waals surface area contributed by atoms with E-state index in [1.807, 2.05) is 93.6 Å². The smallest absolute Gasteiger partial charge is 0.251 e. The van der Waals surface area contributed by atoms with Gasteiger partial charge < -0.3 is 54.5 Å². The second-order valence-corrected chi connectivity index (χ2v) is 24.2. The molecule has 0 bridgehead atoms. The van der Waals surface area contributed by atoms with E-state index in [0.717, 1.165) is 27.4 Å². The van der Waals surface area contributed by atoms with Crippen LogP contribution in [0.1, 0.15) is 95.0 Å². The highest BCUT2D eigenvalue weighted by molar-refractivity contribution is 7.13. The number of β-amino-alcohol motifs (C(OH)–C–C–N with tert-alkyl or cyclic N) is 1. The number of hydrogen-bond acceptors (Lipinski definition) is 15. The average molecular weight is 1130 g/mol. The van der Waals surface area contributed by atoms with Gasteiger partial charge in [0.2, 0.25) is 17.7 Å². The lowest BCUT2D eigenvalue weighted by molar-refractivity contribution is -0.164. The lowest BCUT2D eigenvalue weighted by Gasteiger charge is -2.63. The maximum atomic E-state index is 14.4. The van der Waals surface area contributed by atoms with E-state index in [9.17, 15) is 29.5 Å². The second kappa shape index (κ2) is 27.2. The van der Waals surface area contributed by atoms with E-state index < -0.39 is 40.3 Å². The van der Waals surface area contributed by atoms with E-state index >= 15 is 0 Å². The number of anilines is 1. The number of halogens is 1. The minimum atomic E-state index is -0.984. The molecule has 2 aliphatic heterocycles. The molecule has 20 heteroatoms. The third-order valence-electron chi connectivity index (χ3n) is 15.2. The van der Waals surface area contributed by atoms with E-state index in [0.29, 0.717) is 101 Å². The summed E-state index contributed by atoms with van der Waals surface area (Å²) in [6, 6.07) is 20.1. The first-order valence-electron chi connectivity index (χ1n) is 27.2. The Morgan fingerprint density at radius 3 is 2.00 bits per heavy atom. The van der Waals surface area contributed by atoms with E-state index in [-0.39, 0.29) is 55.4 Å². The summed E-state index contributed by atoms with van der Waals surface area (Å²) in [6.45, 7) is 22.5. The number of rotatable bonds is 13. The van der Waals surface area contributed by atoms with Crippen molar-refractivity contribution in [1.29, 1.82) is 5.26 Å². The minimum Gasteiger partial charge on any atom is -0.489 e. The van der Waals surface area contributed by atoms with Gasteiger partial charge in [-0.15, -0.1) is 11.3 Å². The highest BCUT2D eigenvalue weighted by atomic mass is 35.5. The van der Waals surface area contributed by atoms with Crippen LogP contribution in [0, 0.1) is 34.5 Å². The third-order valence-corrected chi connectivity index (χ3v) is 16.5. The van der Waals surface area contributed by atoms with Crippen molar-refractivity contribution in [3.8, 4) is 22.3 Å². The van der Waals surface area contributed by atoms with Gasteiger partial charge in [0.15, 0.2) is 0 Å². The van der Waals surface area contributed by atoms with Crippen LogP contribution in [0.2, 0.25) is 5.02 Å². The zero-order valence-electron chi connectivity index (χ0n) is 47.1. The molecule has 2 saturated heterocycles. The number of amides is 4. The van der Waals surface area contributed by atoms with Gasteiger partial charge in [0.1, 0.15) is 30.0 Å². The largest absolute Gasteiger partial charge is 0.489 e. The molecule has 1 saturated carbocycles. The second-order valence-electron chi connectivity index (χ2n) is 22.9. The SMILES string of the molecule is Cc1ncsc1-c1ccc([C@H](C)NC(=O)[C@@H]2C[C@@H](O)CN2C(=O)[C@@H](NC(=O)CN2CCOCCOCCN(c3ccc(C(=O)N[C@H]4C(C)(C)[C@H](Oc5ccc(C#N)c(Cl)c5)C4(C)C)cc3)CCOCCOCC2)C(C)(C)C)cc1. The van der Waals surface area contributed by atoms with Gasteiger partial charge in [0, 0.05) is 73.3 Å². The number of nitrogens with one attached hydrogen (secondary N) is 3. The fourth-order valence-corrected chi connectivity index (χ4v) is 12.1. The van der Waals surface area contributed by atoms with Crippen LogP contribution in [0.15, 0.2) is 72.2 Å². The first-order valence-corrected chi connectivity index (χ1v) is 28.5. The van der Waals surface area contributed by atoms with E-state index in [4.69, 9.17) is 35.3 Å². The fourth-order valence-electron chi connectivity index (χ4n) is 11.1. The van der Waals surface area contributed by atoms with Crippen LogP contribution in [-0.4, -0.2) is 166 Å². The molecule has 1 aliphatic carbocycles. The van der Waals surface area contributed by atoms with Gasteiger partial charge in [-0.2, -0.15) is 5.26 Å². The van der Waals surface area contributed by atoms with Crippen molar-refractivity contribution in [3.05, 3.63) is 99.6 Å². The number of aryl methyl sites for hydroxylation is 1. The molecule has 4 atom stereocenters. The summed E-state index contributed by atoms with van der Waals surface area (Å²) in [5.41, 5.74) is 5.00. The van der Waals surface area contributed by atoms with Gasteiger partial charge >= 0.3 is 0 Å².